The predicted octanol–water partition coefficient (Wildman–Crippen LogP) is 3.22. The molecule has 1 atom stereocenters. The molecular weight excluding hydrogens is 520 g/mol. The number of sulfonamides is 2. The summed E-state index contributed by atoms with van der Waals surface area (Å²) < 4.78 is 56.6. The first-order valence-electron chi connectivity index (χ1n) is 11.6. The van der Waals surface area contributed by atoms with Crippen molar-refractivity contribution < 1.29 is 21.9 Å². The molecule has 1 fully saturated rings. The van der Waals surface area contributed by atoms with E-state index in [0.29, 0.717) is 12.2 Å². The number of piperazine rings is 1. The Labute approximate surface area is 216 Å². The SMILES string of the molecule is CC(C)CS(=O)(=O)N(C[C@H]1CN(S(=O)(=O)c2cccs2)CCN1c1ccc(O)cc1)c1cccnc1. The molecule has 1 aromatic carbocycles. The van der Waals surface area contributed by atoms with Gasteiger partial charge in [0.15, 0.2) is 0 Å². The Balaban J connectivity index is 1.72. The van der Waals surface area contributed by atoms with Gasteiger partial charge in [-0.3, -0.25) is 9.29 Å². The number of aromatic hydroxyl groups is 1. The van der Waals surface area contributed by atoms with Gasteiger partial charge in [0.2, 0.25) is 10.0 Å². The summed E-state index contributed by atoms with van der Waals surface area (Å²) in [6.07, 6.45) is 3.08. The third-order valence-corrected chi connectivity index (χ3v) is 11.3. The number of hydrogen-bond acceptors (Lipinski definition) is 8. The molecule has 0 spiro atoms. The molecule has 2 aromatic heterocycles. The van der Waals surface area contributed by atoms with Crippen LogP contribution in [0.5, 0.6) is 5.75 Å². The van der Waals surface area contributed by atoms with Gasteiger partial charge in [-0.05, 0) is 53.8 Å². The number of phenolic OH excluding ortho intramolecular Hbond substituents is 1. The van der Waals surface area contributed by atoms with E-state index in [4.69, 9.17) is 0 Å². The van der Waals surface area contributed by atoms with Crippen LogP contribution in [0.15, 0.2) is 70.5 Å². The van der Waals surface area contributed by atoms with Crippen molar-refractivity contribution in [2.45, 2.75) is 24.1 Å². The van der Waals surface area contributed by atoms with Crippen LogP contribution >= 0.6 is 11.3 Å². The van der Waals surface area contributed by atoms with Crippen LogP contribution < -0.4 is 9.21 Å². The summed E-state index contributed by atoms with van der Waals surface area (Å²) in [4.78, 5) is 6.12. The van der Waals surface area contributed by atoms with Crippen molar-refractivity contribution >= 4 is 42.8 Å². The van der Waals surface area contributed by atoms with Gasteiger partial charge >= 0.3 is 0 Å². The smallest absolute Gasteiger partial charge is 0.252 e. The number of benzene rings is 1. The normalized spacial score (nSPS) is 17.4. The summed E-state index contributed by atoms with van der Waals surface area (Å²) in [5, 5.41) is 11.5. The standard InChI is InChI=1S/C24H30N4O5S3/c1-19(2)18-35(30,31)28(21-5-3-11-25-15-21)17-22-16-26(36(32,33)24-6-4-14-34-24)12-13-27(22)20-7-9-23(29)10-8-20/h3-11,14-15,19,22,29H,12-13,16-18H2,1-2H3/t22-/m1/s1. The lowest BCUT2D eigenvalue weighted by Gasteiger charge is -2.44. The van der Waals surface area contributed by atoms with E-state index in [9.17, 15) is 21.9 Å². The molecule has 1 aliphatic heterocycles. The predicted molar refractivity (Wildman–Crippen MR) is 143 cm³/mol. The lowest BCUT2D eigenvalue weighted by molar-refractivity contribution is 0.335. The highest BCUT2D eigenvalue weighted by Gasteiger charge is 2.38. The Morgan fingerprint density at radius 2 is 1.83 bits per heavy atom. The molecule has 3 aromatic rings. The van der Waals surface area contributed by atoms with Crippen molar-refractivity contribution in [2.75, 3.05) is 41.1 Å². The molecule has 0 radical (unpaired) electrons. The van der Waals surface area contributed by atoms with Gasteiger partial charge in [0.25, 0.3) is 10.0 Å². The van der Waals surface area contributed by atoms with E-state index in [-0.39, 0.29) is 41.3 Å². The monoisotopic (exact) mass is 550 g/mol. The molecule has 0 amide bonds. The minimum absolute atomic E-state index is 0.0398. The first kappa shape index (κ1) is 26.4. The number of rotatable bonds is 9. The van der Waals surface area contributed by atoms with Crippen molar-refractivity contribution in [3.8, 4) is 5.75 Å². The van der Waals surface area contributed by atoms with Gasteiger partial charge in [0.1, 0.15) is 9.96 Å². The highest BCUT2D eigenvalue weighted by atomic mass is 32.2. The molecule has 0 aliphatic carbocycles. The summed E-state index contributed by atoms with van der Waals surface area (Å²) >= 11 is 1.16. The van der Waals surface area contributed by atoms with Crippen LogP contribution in [-0.2, 0) is 20.0 Å². The molecule has 1 saturated heterocycles. The molecule has 1 N–H and O–H groups in total. The van der Waals surface area contributed by atoms with Crippen molar-refractivity contribution in [3.05, 3.63) is 66.3 Å². The first-order chi connectivity index (χ1) is 17.1. The third-order valence-electron chi connectivity index (χ3n) is 5.91. The highest BCUT2D eigenvalue weighted by Crippen LogP contribution is 2.29. The highest BCUT2D eigenvalue weighted by molar-refractivity contribution is 7.92. The van der Waals surface area contributed by atoms with Gasteiger partial charge in [0.05, 0.1) is 30.2 Å². The van der Waals surface area contributed by atoms with E-state index in [1.807, 2.05) is 18.7 Å². The van der Waals surface area contributed by atoms with Gasteiger partial charge in [0, 0.05) is 31.5 Å². The fourth-order valence-electron chi connectivity index (χ4n) is 4.31. The maximum Gasteiger partial charge on any atom is 0.252 e. The van der Waals surface area contributed by atoms with Crippen molar-refractivity contribution in [1.82, 2.24) is 9.29 Å². The number of phenols is 1. The van der Waals surface area contributed by atoms with Crippen LogP contribution in [0.1, 0.15) is 13.8 Å². The number of thiophene rings is 1. The summed E-state index contributed by atoms with van der Waals surface area (Å²) in [7, 11) is -7.44. The Bertz CT molecular complexity index is 1350. The molecule has 1 aliphatic rings. The number of nitrogens with zero attached hydrogens (tertiary/aromatic N) is 4. The molecule has 12 heteroatoms. The minimum Gasteiger partial charge on any atom is -0.508 e. The molecule has 0 unspecified atom stereocenters. The van der Waals surface area contributed by atoms with Crippen LogP contribution in [0.2, 0.25) is 0 Å². The molecule has 0 saturated carbocycles. The van der Waals surface area contributed by atoms with Crippen LogP contribution in [0.3, 0.4) is 0 Å². The molecule has 9 nitrogen and oxygen atoms in total. The van der Waals surface area contributed by atoms with Crippen molar-refractivity contribution in [3.63, 3.8) is 0 Å². The van der Waals surface area contributed by atoms with Crippen LogP contribution in [-0.4, -0.2) is 69.2 Å². The van der Waals surface area contributed by atoms with Crippen LogP contribution in [0.25, 0.3) is 0 Å². The molecule has 36 heavy (non-hydrogen) atoms. The molecular formula is C24H30N4O5S3. The quantitative estimate of drug-likeness (QED) is 0.435. The van der Waals surface area contributed by atoms with Crippen LogP contribution in [0, 0.1) is 5.92 Å². The fraction of sp³-hybridized carbons (Fsp3) is 0.375. The second-order valence-electron chi connectivity index (χ2n) is 9.07. The average Bonchev–Trinajstić information content (AvgIpc) is 3.39. The summed E-state index contributed by atoms with van der Waals surface area (Å²) in [6.45, 7) is 4.46. The van der Waals surface area contributed by atoms with Gasteiger partial charge < -0.3 is 10.0 Å². The Morgan fingerprint density at radius 3 is 2.44 bits per heavy atom. The zero-order chi connectivity index (χ0) is 25.9. The minimum atomic E-state index is -3.72. The molecule has 3 heterocycles. The Morgan fingerprint density at radius 1 is 1.08 bits per heavy atom. The van der Waals surface area contributed by atoms with Gasteiger partial charge in [-0.2, -0.15) is 4.31 Å². The van der Waals surface area contributed by atoms with E-state index < -0.39 is 26.1 Å². The zero-order valence-electron chi connectivity index (χ0n) is 20.1. The Kier molecular flexibility index (Phi) is 7.88. The fourth-order valence-corrected chi connectivity index (χ4v) is 8.77. The van der Waals surface area contributed by atoms with E-state index in [2.05, 4.69) is 4.98 Å². The summed E-state index contributed by atoms with van der Waals surface area (Å²) in [5.74, 6) is -0.0273. The largest absolute Gasteiger partial charge is 0.508 e. The van der Waals surface area contributed by atoms with E-state index in [1.54, 1.807) is 60.1 Å². The number of pyridine rings is 1. The molecule has 194 valence electrons. The summed E-state index contributed by atoms with van der Waals surface area (Å²) in [5.41, 5.74) is 1.21. The van der Waals surface area contributed by atoms with E-state index in [0.717, 1.165) is 17.0 Å². The van der Waals surface area contributed by atoms with E-state index in [1.165, 1.54) is 14.8 Å². The number of anilines is 2. The number of aromatic nitrogens is 1. The van der Waals surface area contributed by atoms with E-state index >= 15 is 0 Å². The van der Waals surface area contributed by atoms with Gasteiger partial charge in [-0.15, -0.1) is 11.3 Å². The second kappa shape index (κ2) is 10.8. The zero-order valence-corrected chi connectivity index (χ0v) is 22.6. The van der Waals surface area contributed by atoms with Crippen LogP contribution in [0.4, 0.5) is 11.4 Å². The van der Waals surface area contributed by atoms with Crippen molar-refractivity contribution in [2.24, 2.45) is 5.92 Å². The molecule has 0 bridgehead atoms. The maximum atomic E-state index is 13.5. The van der Waals surface area contributed by atoms with Gasteiger partial charge in [-0.25, -0.2) is 16.8 Å². The topological polar surface area (TPSA) is 111 Å². The first-order valence-corrected chi connectivity index (χ1v) is 15.5. The van der Waals surface area contributed by atoms with Crippen molar-refractivity contribution in [1.29, 1.82) is 0 Å². The number of hydrogen-bond donors (Lipinski definition) is 1. The summed E-state index contributed by atoms with van der Waals surface area (Å²) in [6, 6.07) is 12.8. The second-order valence-corrected chi connectivity index (χ2v) is 14.1. The average molecular weight is 551 g/mol. The third kappa shape index (κ3) is 5.83. The lowest BCUT2D eigenvalue weighted by Crippen LogP contribution is -2.59. The molecule has 4 rings (SSSR count). The van der Waals surface area contributed by atoms with Gasteiger partial charge in [-0.1, -0.05) is 19.9 Å². The lowest BCUT2D eigenvalue weighted by atomic mass is 10.1. The Hall–Kier alpha value is -2.67. The maximum absolute atomic E-state index is 13.5.